The number of nitrogens with two attached hydrogens (primary N) is 1. The number of carbonyl (C=O) groups is 1. The van der Waals surface area contributed by atoms with Gasteiger partial charge in [0.25, 0.3) is 0 Å². The van der Waals surface area contributed by atoms with Crippen LogP contribution >= 0.6 is 0 Å². The molecule has 6 nitrogen and oxygen atoms in total. The van der Waals surface area contributed by atoms with Crippen LogP contribution in [0.3, 0.4) is 0 Å². The van der Waals surface area contributed by atoms with E-state index in [4.69, 9.17) is 19.9 Å². The smallest absolute Gasteiger partial charge is 0.241 e. The van der Waals surface area contributed by atoms with Crippen molar-refractivity contribution in [2.45, 2.75) is 25.8 Å². The summed E-state index contributed by atoms with van der Waals surface area (Å²) in [6, 6.07) is 2.80. The van der Waals surface area contributed by atoms with Crippen molar-refractivity contribution in [1.29, 1.82) is 0 Å². The average Bonchev–Trinajstić information content (AvgIpc) is 2.46. The van der Waals surface area contributed by atoms with Gasteiger partial charge in [0, 0.05) is 17.8 Å². The van der Waals surface area contributed by atoms with E-state index in [1.807, 2.05) is 6.92 Å². The van der Waals surface area contributed by atoms with E-state index in [0.717, 1.165) is 6.42 Å². The van der Waals surface area contributed by atoms with Crippen molar-refractivity contribution < 1.29 is 19.0 Å². The van der Waals surface area contributed by atoms with Gasteiger partial charge >= 0.3 is 0 Å². The quantitative estimate of drug-likeness (QED) is 0.796. The van der Waals surface area contributed by atoms with Crippen LogP contribution in [0.1, 0.15) is 19.8 Å². The molecule has 1 unspecified atom stereocenters. The highest BCUT2D eigenvalue weighted by Crippen LogP contribution is 2.39. The summed E-state index contributed by atoms with van der Waals surface area (Å²) in [7, 11) is 4.56. The fourth-order valence-corrected chi connectivity index (χ4v) is 1.83. The van der Waals surface area contributed by atoms with Crippen molar-refractivity contribution in [3.05, 3.63) is 12.1 Å². The molecule has 0 aliphatic rings. The number of methoxy groups -OCH3 is 3. The Hall–Kier alpha value is -1.95. The van der Waals surface area contributed by atoms with Crippen molar-refractivity contribution in [2.24, 2.45) is 5.73 Å². The van der Waals surface area contributed by atoms with Gasteiger partial charge in [-0.05, 0) is 6.42 Å². The van der Waals surface area contributed by atoms with Gasteiger partial charge in [-0.15, -0.1) is 0 Å². The summed E-state index contributed by atoms with van der Waals surface area (Å²) < 4.78 is 15.7. The van der Waals surface area contributed by atoms with Crippen molar-refractivity contribution >= 4 is 11.6 Å². The first-order valence-corrected chi connectivity index (χ1v) is 6.43. The molecule has 1 aromatic carbocycles. The van der Waals surface area contributed by atoms with Crippen molar-refractivity contribution in [3.63, 3.8) is 0 Å². The third kappa shape index (κ3) is 3.77. The summed E-state index contributed by atoms with van der Waals surface area (Å²) in [5.74, 6) is 1.20. The highest BCUT2D eigenvalue weighted by Gasteiger charge is 2.17. The maximum absolute atomic E-state index is 11.9. The van der Waals surface area contributed by atoms with Gasteiger partial charge in [-0.25, -0.2) is 0 Å². The van der Waals surface area contributed by atoms with Gasteiger partial charge in [0.15, 0.2) is 11.5 Å². The number of hydrogen-bond acceptors (Lipinski definition) is 5. The molecule has 1 amide bonds. The second-order valence-electron chi connectivity index (χ2n) is 4.30. The molecule has 1 aromatic rings. The molecule has 6 heteroatoms. The molecule has 1 atom stereocenters. The van der Waals surface area contributed by atoms with Crippen LogP contribution < -0.4 is 25.3 Å². The van der Waals surface area contributed by atoms with E-state index in [9.17, 15) is 4.79 Å². The minimum atomic E-state index is -0.529. The number of amides is 1. The fourth-order valence-electron chi connectivity index (χ4n) is 1.83. The van der Waals surface area contributed by atoms with Gasteiger partial charge in [-0.1, -0.05) is 13.3 Å². The van der Waals surface area contributed by atoms with Crippen LogP contribution in [0.2, 0.25) is 0 Å². The molecule has 112 valence electrons. The van der Waals surface area contributed by atoms with Crippen molar-refractivity contribution in [3.8, 4) is 17.2 Å². The highest BCUT2D eigenvalue weighted by molar-refractivity contribution is 5.95. The molecule has 0 fully saturated rings. The summed E-state index contributed by atoms with van der Waals surface area (Å²) >= 11 is 0. The lowest BCUT2D eigenvalue weighted by Gasteiger charge is -2.16. The Bertz CT molecular complexity index is 437. The molecule has 0 aliphatic carbocycles. The van der Waals surface area contributed by atoms with Gasteiger partial charge in [-0.3, -0.25) is 4.79 Å². The summed E-state index contributed by atoms with van der Waals surface area (Å²) in [6.07, 6.45) is 1.49. The zero-order chi connectivity index (χ0) is 15.1. The van der Waals surface area contributed by atoms with Crippen molar-refractivity contribution in [2.75, 3.05) is 26.6 Å². The molecule has 0 spiro atoms. The lowest BCUT2D eigenvalue weighted by Crippen LogP contribution is -2.35. The maximum Gasteiger partial charge on any atom is 0.241 e. The van der Waals surface area contributed by atoms with Crippen LogP contribution in [0.4, 0.5) is 5.69 Å². The van der Waals surface area contributed by atoms with Crippen LogP contribution in [0, 0.1) is 0 Å². The minimum Gasteiger partial charge on any atom is -0.493 e. The molecule has 0 aromatic heterocycles. The molecule has 0 heterocycles. The van der Waals surface area contributed by atoms with Gasteiger partial charge in [0.2, 0.25) is 11.7 Å². The number of benzene rings is 1. The Balaban J connectivity index is 2.99. The van der Waals surface area contributed by atoms with E-state index in [1.165, 1.54) is 21.3 Å². The zero-order valence-electron chi connectivity index (χ0n) is 12.4. The molecule has 20 heavy (non-hydrogen) atoms. The van der Waals surface area contributed by atoms with E-state index in [0.29, 0.717) is 29.4 Å². The molecule has 0 bridgehead atoms. The van der Waals surface area contributed by atoms with Crippen LogP contribution in [0.5, 0.6) is 17.2 Å². The van der Waals surface area contributed by atoms with E-state index in [2.05, 4.69) is 5.32 Å². The first-order valence-electron chi connectivity index (χ1n) is 6.43. The Morgan fingerprint density at radius 3 is 2.15 bits per heavy atom. The maximum atomic E-state index is 11.9. The molecule has 3 N–H and O–H groups in total. The van der Waals surface area contributed by atoms with E-state index < -0.39 is 6.04 Å². The molecule has 0 aliphatic heterocycles. The number of nitrogens with one attached hydrogen (secondary N) is 1. The van der Waals surface area contributed by atoms with Crippen LogP contribution in [0.25, 0.3) is 0 Å². The second-order valence-corrected chi connectivity index (χ2v) is 4.30. The molecular formula is C14H22N2O4. The van der Waals surface area contributed by atoms with Crippen LogP contribution in [0.15, 0.2) is 12.1 Å². The average molecular weight is 282 g/mol. The number of rotatable bonds is 7. The second kappa shape index (κ2) is 7.59. The van der Waals surface area contributed by atoms with Gasteiger partial charge in [-0.2, -0.15) is 0 Å². The van der Waals surface area contributed by atoms with Crippen LogP contribution in [-0.4, -0.2) is 33.3 Å². The van der Waals surface area contributed by atoms with Crippen LogP contribution in [-0.2, 0) is 4.79 Å². The van der Waals surface area contributed by atoms with Gasteiger partial charge in [0.1, 0.15) is 0 Å². The Morgan fingerprint density at radius 1 is 1.20 bits per heavy atom. The van der Waals surface area contributed by atoms with E-state index in [-0.39, 0.29) is 5.91 Å². The Morgan fingerprint density at radius 2 is 1.75 bits per heavy atom. The normalized spacial score (nSPS) is 11.7. The first kappa shape index (κ1) is 16.1. The lowest BCUT2D eigenvalue weighted by atomic mass is 10.1. The Labute approximate surface area is 119 Å². The number of carbonyl (C=O) groups excluding carboxylic acids is 1. The monoisotopic (exact) mass is 282 g/mol. The predicted molar refractivity (Wildman–Crippen MR) is 77.6 cm³/mol. The number of hydrogen-bond donors (Lipinski definition) is 2. The first-order chi connectivity index (χ1) is 9.57. The molecular weight excluding hydrogens is 260 g/mol. The van der Waals surface area contributed by atoms with E-state index >= 15 is 0 Å². The molecule has 1 rings (SSSR count). The third-order valence-corrected chi connectivity index (χ3v) is 2.87. The standard InChI is InChI=1S/C14H22N2O4/c1-5-6-10(15)14(17)16-9-7-11(18-2)13(20-4)12(8-9)19-3/h7-8,10H,5-6,15H2,1-4H3,(H,16,17). The number of ether oxygens (including phenoxy) is 3. The summed E-state index contributed by atoms with van der Waals surface area (Å²) in [6.45, 7) is 1.98. The Kier molecular flexibility index (Phi) is 6.11. The SMILES string of the molecule is CCCC(N)C(=O)Nc1cc(OC)c(OC)c(OC)c1. The molecule has 0 radical (unpaired) electrons. The number of anilines is 1. The summed E-state index contributed by atoms with van der Waals surface area (Å²) in [4.78, 5) is 11.9. The van der Waals surface area contributed by atoms with Gasteiger partial charge < -0.3 is 25.3 Å². The van der Waals surface area contributed by atoms with E-state index in [1.54, 1.807) is 12.1 Å². The van der Waals surface area contributed by atoms with Crippen molar-refractivity contribution in [1.82, 2.24) is 0 Å². The topological polar surface area (TPSA) is 82.8 Å². The minimum absolute atomic E-state index is 0.235. The predicted octanol–water partition coefficient (Wildman–Crippen LogP) is 1.78. The zero-order valence-corrected chi connectivity index (χ0v) is 12.4. The molecule has 0 saturated heterocycles. The fraction of sp³-hybridized carbons (Fsp3) is 0.500. The van der Waals surface area contributed by atoms with Gasteiger partial charge in [0.05, 0.1) is 27.4 Å². The highest BCUT2D eigenvalue weighted by atomic mass is 16.5. The molecule has 0 saturated carbocycles. The lowest BCUT2D eigenvalue weighted by molar-refractivity contribution is -0.117. The summed E-state index contributed by atoms with van der Waals surface area (Å²) in [5.41, 5.74) is 6.33. The largest absolute Gasteiger partial charge is 0.493 e. The summed E-state index contributed by atoms with van der Waals surface area (Å²) in [5, 5.41) is 2.75. The third-order valence-electron chi connectivity index (χ3n) is 2.87.